The van der Waals surface area contributed by atoms with E-state index in [2.05, 4.69) is 20.7 Å². The van der Waals surface area contributed by atoms with Gasteiger partial charge in [-0.3, -0.25) is 4.79 Å². The maximum absolute atomic E-state index is 13.2. The molecule has 0 aliphatic rings. The van der Waals surface area contributed by atoms with Gasteiger partial charge in [-0.15, -0.1) is 0 Å². The van der Waals surface area contributed by atoms with Crippen molar-refractivity contribution in [2.24, 2.45) is 5.73 Å². The summed E-state index contributed by atoms with van der Waals surface area (Å²) in [4.78, 5) is 10.9. The molecule has 1 rings (SSSR count). The zero-order valence-corrected chi connectivity index (χ0v) is 11.2. The maximum Gasteiger partial charge on any atom is 0.305 e. The van der Waals surface area contributed by atoms with E-state index in [-0.39, 0.29) is 24.2 Å². The molecule has 3 nitrogen and oxygen atoms in total. The standard InChI is InChI=1S/C12H15BrFNO2/c1-17-12(16)5-3-9(15)6-8-2-4-10(13)11(14)7-8/h2,4,7,9H,3,5-6,15H2,1H3. The van der Waals surface area contributed by atoms with Crippen LogP contribution in [0.15, 0.2) is 22.7 Å². The molecule has 0 aliphatic carbocycles. The number of hydrogen-bond donors (Lipinski definition) is 1. The molecule has 17 heavy (non-hydrogen) atoms. The number of halogens is 2. The average Bonchev–Trinajstić information content (AvgIpc) is 2.31. The number of benzene rings is 1. The van der Waals surface area contributed by atoms with Gasteiger partial charge in [-0.25, -0.2) is 4.39 Å². The summed E-state index contributed by atoms with van der Waals surface area (Å²) in [6, 6.07) is 4.74. The summed E-state index contributed by atoms with van der Waals surface area (Å²) < 4.78 is 18.2. The zero-order chi connectivity index (χ0) is 12.8. The lowest BCUT2D eigenvalue weighted by molar-refractivity contribution is -0.140. The van der Waals surface area contributed by atoms with Crippen LogP contribution >= 0.6 is 15.9 Å². The fourth-order valence-corrected chi connectivity index (χ4v) is 1.72. The van der Waals surface area contributed by atoms with Gasteiger partial charge >= 0.3 is 5.97 Å². The Hall–Kier alpha value is -0.940. The molecule has 0 fully saturated rings. The van der Waals surface area contributed by atoms with Crippen molar-refractivity contribution in [3.8, 4) is 0 Å². The number of carbonyl (C=O) groups is 1. The molecule has 0 aromatic heterocycles. The predicted molar refractivity (Wildman–Crippen MR) is 67.0 cm³/mol. The highest BCUT2D eigenvalue weighted by Gasteiger charge is 2.09. The van der Waals surface area contributed by atoms with Crippen molar-refractivity contribution >= 4 is 21.9 Å². The summed E-state index contributed by atoms with van der Waals surface area (Å²) in [6.07, 6.45) is 1.36. The first-order valence-corrected chi connectivity index (χ1v) is 6.08. The number of esters is 1. The summed E-state index contributed by atoms with van der Waals surface area (Å²) in [5, 5.41) is 0. The number of methoxy groups -OCH3 is 1. The number of nitrogens with two attached hydrogens (primary N) is 1. The minimum Gasteiger partial charge on any atom is -0.469 e. The summed E-state index contributed by atoms with van der Waals surface area (Å²) in [5.41, 5.74) is 6.68. The van der Waals surface area contributed by atoms with Crippen LogP contribution in [-0.4, -0.2) is 19.1 Å². The second-order valence-electron chi connectivity index (χ2n) is 3.83. The number of ether oxygens (including phenoxy) is 1. The van der Waals surface area contributed by atoms with Gasteiger partial charge in [-0.05, 0) is 46.5 Å². The van der Waals surface area contributed by atoms with Gasteiger partial charge in [0, 0.05) is 12.5 Å². The summed E-state index contributed by atoms with van der Waals surface area (Å²) in [5.74, 6) is -0.579. The Labute approximate surface area is 108 Å². The highest BCUT2D eigenvalue weighted by atomic mass is 79.9. The molecule has 0 amide bonds. The van der Waals surface area contributed by atoms with Gasteiger partial charge in [0.25, 0.3) is 0 Å². The number of carbonyl (C=O) groups excluding carboxylic acids is 1. The Morgan fingerprint density at radius 1 is 1.59 bits per heavy atom. The highest BCUT2D eigenvalue weighted by Crippen LogP contribution is 2.17. The van der Waals surface area contributed by atoms with Crippen molar-refractivity contribution in [3.63, 3.8) is 0 Å². The van der Waals surface area contributed by atoms with Gasteiger partial charge in [-0.1, -0.05) is 6.07 Å². The molecule has 0 radical (unpaired) electrons. The van der Waals surface area contributed by atoms with Gasteiger partial charge in [0.05, 0.1) is 11.6 Å². The fraction of sp³-hybridized carbons (Fsp3) is 0.417. The van der Waals surface area contributed by atoms with Crippen LogP contribution in [0.2, 0.25) is 0 Å². The third-order valence-electron chi connectivity index (χ3n) is 2.43. The van der Waals surface area contributed by atoms with E-state index >= 15 is 0 Å². The Kier molecular flexibility index (Phi) is 5.58. The molecule has 5 heteroatoms. The lowest BCUT2D eigenvalue weighted by atomic mass is 10.0. The smallest absolute Gasteiger partial charge is 0.305 e. The van der Waals surface area contributed by atoms with Crippen LogP contribution < -0.4 is 5.73 Å². The molecule has 1 atom stereocenters. The lowest BCUT2D eigenvalue weighted by Crippen LogP contribution is -2.24. The largest absolute Gasteiger partial charge is 0.469 e. The van der Waals surface area contributed by atoms with Crippen LogP contribution in [0.1, 0.15) is 18.4 Å². The molecule has 0 aliphatic heterocycles. The summed E-state index contributed by atoms with van der Waals surface area (Å²) in [7, 11) is 1.35. The van der Waals surface area contributed by atoms with Crippen LogP contribution in [0.3, 0.4) is 0 Å². The van der Waals surface area contributed by atoms with E-state index in [4.69, 9.17) is 5.73 Å². The third-order valence-corrected chi connectivity index (χ3v) is 3.07. The Balaban J connectivity index is 2.47. The van der Waals surface area contributed by atoms with E-state index in [0.29, 0.717) is 17.3 Å². The van der Waals surface area contributed by atoms with E-state index in [9.17, 15) is 9.18 Å². The van der Waals surface area contributed by atoms with Gasteiger partial charge in [0.2, 0.25) is 0 Å². The third kappa shape index (κ3) is 4.83. The van der Waals surface area contributed by atoms with Crippen molar-refractivity contribution in [1.82, 2.24) is 0 Å². The molecule has 0 saturated carbocycles. The Morgan fingerprint density at radius 3 is 2.88 bits per heavy atom. The highest BCUT2D eigenvalue weighted by molar-refractivity contribution is 9.10. The summed E-state index contributed by atoms with van der Waals surface area (Å²) in [6.45, 7) is 0. The van der Waals surface area contributed by atoms with Crippen molar-refractivity contribution in [2.75, 3.05) is 7.11 Å². The minimum atomic E-state index is -0.303. The van der Waals surface area contributed by atoms with Crippen LogP contribution in [0, 0.1) is 5.82 Å². The Bertz CT molecular complexity index is 398. The van der Waals surface area contributed by atoms with E-state index in [1.54, 1.807) is 6.07 Å². The quantitative estimate of drug-likeness (QED) is 0.850. The molecular formula is C12H15BrFNO2. The van der Waals surface area contributed by atoms with Gasteiger partial charge < -0.3 is 10.5 Å². The van der Waals surface area contributed by atoms with Crippen molar-refractivity contribution in [3.05, 3.63) is 34.1 Å². The van der Waals surface area contributed by atoms with Gasteiger partial charge in [0.1, 0.15) is 5.82 Å². The van der Waals surface area contributed by atoms with Crippen molar-refractivity contribution in [2.45, 2.75) is 25.3 Å². The van der Waals surface area contributed by atoms with E-state index in [1.807, 2.05) is 6.07 Å². The first-order valence-electron chi connectivity index (χ1n) is 5.29. The molecule has 0 bridgehead atoms. The zero-order valence-electron chi connectivity index (χ0n) is 9.58. The molecule has 0 heterocycles. The first-order chi connectivity index (χ1) is 8.02. The molecular weight excluding hydrogens is 289 g/mol. The van der Waals surface area contributed by atoms with Crippen LogP contribution in [0.4, 0.5) is 4.39 Å². The molecule has 1 aromatic rings. The first kappa shape index (κ1) is 14.1. The topological polar surface area (TPSA) is 52.3 Å². The number of rotatable bonds is 5. The SMILES string of the molecule is COC(=O)CCC(N)Cc1ccc(Br)c(F)c1. The lowest BCUT2D eigenvalue weighted by Gasteiger charge is -2.11. The monoisotopic (exact) mass is 303 g/mol. The van der Waals surface area contributed by atoms with Crippen LogP contribution in [0.25, 0.3) is 0 Å². The maximum atomic E-state index is 13.2. The predicted octanol–water partition coefficient (Wildman–Crippen LogP) is 2.41. The molecule has 0 saturated heterocycles. The molecule has 1 unspecified atom stereocenters. The second kappa shape index (κ2) is 6.71. The average molecular weight is 304 g/mol. The van der Waals surface area contributed by atoms with Crippen LogP contribution in [-0.2, 0) is 16.0 Å². The molecule has 1 aromatic carbocycles. The fourth-order valence-electron chi connectivity index (χ4n) is 1.48. The van der Waals surface area contributed by atoms with Crippen molar-refractivity contribution in [1.29, 1.82) is 0 Å². The molecule has 2 N–H and O–H groups in total. The number of hydrogen-bond acceptors (Lipinski definition) is 3. The normalized spacial score (nSPS) is 12.2. The van der Waals surface area contributed by atoms with Crippen LogP contribution in [0.5, 0.6) is 0 Å². The Morgan fingerprint density at radius 2 is 2.29 bits per heavy atom. The second-order valence-corrected chi connectivity index (χ2v) is 4.68. The van der Waals surface area contributed by atoms with E-state index in [0.717, 1.165) is 5.56 Å². The van der Waals surface area contributed by atoms with Gasteiger partial charge in [0.15, 0.2) is 0 Å². The van der Waals surface area contributed by atoms with E-state index < -0.39 is 0 Å². The van der Waals surface area contributed by atoms with E-state index in [1.165, 1.54) is 13.2 Å². The molecule has 94 valence electrons. The van der Waals surface area contributed by atoms with Gasteiger partial charge in [-0.2, -0.15) is 0 Å². The minimum absolute atomic E-state index is 0.172. The molecule has 0 spiro atoms. The van der Waals surface area contributed by atoms with Crippen molar-refractivity contribution < 1.29 is 13.9 Å². The summed E-state index contributed by atoms with van der Waals surface area (Å²) >= 11 is 3.09.